The number of aromatic nitrogens is 2. The van der Waals surface area contributed by atoms with Crippen LogP contribution in [0.3, 0.4) is 0 Å². The van der Waals surface area contributed by atoms with Crippen LogP contribution >= 0.6 is 0 Å². The number of amides is 1. The zero-order chi connectivity index (χ0) is 24.2. The van der Waals surface area contributed by atoms with E-state index in [2.05, 4.69) is 10.3 Å². The zero-order valence-corrected chi connectivity index (χ0v) is 19.3. The number of nitrogens with zero attached hydrogens (tertiary/aromatic N) is 2. The first-order valence-corrected chi connectivity index (χ1v) is 11.0. The maximum absolute atomic E-state index is 13.3. The quantitative estimate of drug-likeness (QED) is 0.423. The van der Waals surface area contributed by atoms with E-state index in [1.165, 1.54) is 13.3 Å². The van der Waals surface area contributed by atoms with Crippen molar-refractivity contribution in [3.05, 3.63) is 99.5 Å². The largest absolute Gasteiger partial charge is 0.497 e. The fourth-order valence-electron chi connectivity index (χ4n) is 3.79. The van der Waals surface area contributed by atoms with E-state index in [1.54, 1.807) is 47.9 Å². The Balaban J connectivity index is 1.75. The lowest BCUT2D eigenvalue weighted by atomic mass is 10.0. The molecular weight excluding hydrogens is 430 g/mol. The molecule has 2 aromatic carbocycles. The third-order valence-electron chi connectivity index (χ3n) is 5.57. The van der Waals surface area contributed by atoms with Crippen molar-refractivity contribution in [3.8, 4) is 5.75 Å². The van der Waals surface area contributed by atoms with Gasteiger partial charge in [-0.05, 0) is 55.3 Å². The van der Waals surface area contributed by atoms with Gasteiger partial charge >= 0.3 is 0 Å². The Morgan fingerprint density at radius 3 is 2.62 bits per heavy atom. The topological polar surface area (TPSA) is 90.3 Å². The highest BCUT2D eigenvalue weighted by Gasteiger charge is 2.19. The van der Waals surface area contributed by atoms with E-state index in [-0.39, 0.29) is 23.4 Å². The SMILES string of the molecule is CCc1cccc(NC(=O)Cn2cc(C(=O)c3cccc(OC)c3)c(=O)c3ccc(C)nc32)c1. The van der Waals surface area contributed by atoms with E-state index in [1.807, 2.05) is 31.2 Å². The Morgan fingerprint density at radius 1 is 1.06 bits per heavy atom. The summed E-state index contributed by atoms with van der Waals surface area (Å²) in [5.74, 6) is -0.226. The van der Waals surface area contributed by atoms with Crippen molar-refractivity contribution in [2.24, 2.45) is 0 Å². The van der Waals surface area contributed by atoms with Gasteiger partial charge in [0, 0.05) is 23.1 Å². The Bertz CT molecular complexity index is 1460. The van der Waals surface area contributed by atoms with E-state index < -0.39 is 11.2 Å². The molecule has 34 heavy (non-hydrogen) atoms. The number of ketones is 1. The number of anilines is 1. The maximum Gasteiger partial charge on any atom is 0.244 e. The van der Waals surface area contributed by atoms with Crippen LogP contribution in [0.1, 0.15) is 34.1 Å². The van der Waals surface area contributed by atoms with Crippen molar-refractivity contribution >= 4 is 28.4 Å². The third kappa shape index (κ3) is 4.73. The average molecular weight is 456 g/mol. The molecule has 7 heteroatoms. The standard InChI is InChI=1S/C27H25N3O4/c1-4-18-7-5-9-20(13-18)29-24(31)16-30-15-23(25(32)19-8-6-10-21(14-19)34-3)26(33)22-12-11-17(2)28-27(22)30/h5-15H,4,16H2,1-3H3,(H,29,31). The second-order valence-corrected chi connectivity index (χ2v) is 7.99. The molecule has 0 aliphatic carbocycles. The van der Waals surface area contributed by atoms with Crippen LogP contribution in [0.15, 0.2) is 71.7 Å². The van der Waals surface area contributed by atoms with Gasteiger partial charge in [-0.15, -0.1) is 0 Å². The molecule has 0 radical (unpaired) electrons. The Kier molecular flexibility index (Phi) is 6.54. The fourth-order valence-corrected chi connectivity index (χ4v) is 3.79. The molecule has 2 heterocycles. The molecule has 0 spiro atoms. The number of benzene rings is 2. The molecule has 1 N–H and O–H groups in total. The minimum Gasteiger partial charge on any atom is -0.497 e. The van der Waals surface area contributed by atoms with Gasteiger partial charge in [-0.2, -0.15) is 0 Å². The Morgan fingerprint density at radius 2 is 1.85 bits per heavy atom. The predicted octanol–water partition coefficient (Wildman–Crippen LogP) is 4.15. The molecule has 172 valence electrons. The lowest BCUT2D eigenvalue weighted by Crippen LogP contribution is -2.25. The van der Waals surface area contributed by atoms with E-state index in [4.69, 9.17) is 4.74 Å². The van der Waals surface area contributed by atoms with Crippen LogP contribution in [0.5, 0.6) is 5.75 Å². The number of hydrogen-bond acceptors (Lipinski definition) is 5. The molecule has 7 nitrogen and oxygen atoms in total. The number of aryl methyl sites for hydroxylation is 2. The number of fused-ring (bicyclic) bond motifs is 1. The fraction of sp³-hybridized carbons (Fsp3) is 0.185. The highest BCUT2D eigenvalue weighted by molar-refractivity contribution is 6.10. The van der Waals surface area contributed by atoms with Gasteiger partial charge in [-0.25, -0.2) is 4.98 Å². The number of carbonyl (C=O) groups excluding carboxylic acids is 2. The summed E-state index contributed by atoms with van der Waals surface area (Å²) < 4.78 is 6.76. The second kappa shape index (κ2) is 9.70. The van der Waals surface area contributed by atoms with E-state index in [9.17, 15) is 14.4 Å². The summed E-state index contributed by atoms with van der Waals surface area (Å²) in [7, 11) is 1.51. The summed E-state index contributed by atoms with van der Waals surface area (Å²) in [4.78, 5) is 43.8. The lowest BCUT2D eigenvalue weighted by molar-refractivity contribution is -0.116. The van der Waals surface area contributed by atoms with E-state index >= 15 is 0 Å². The summed E-state index contributed by atoms with van der Waals surface area (Å²) >= 11 is 0. The number of pyridine rings is 2. The van der Waals surface area contributed by atoms with Gasteiger partial charge in [0.1, 0.15) is 17.9 Å². The van der Waals surface area contributed by atoms with Crippen molar-refractivity contribution in [1.29, 1.82) is 0 Å². The van der Waals surface area contributed by atoms with E-state index in [0.29, 0.717) is 28.3 Å². The van der Waals surface area contributed by atoms with Crippen molar-refractivity contribution in [3.63, 3.8) is 0 Å². The number of methoxy groups -OCH3 is 1. The number of ether oxygens (including phenoxy) is 1. The molecule has 1 amide bonds. The molecule has 4 aromatic rings. The minimum absolute atomic E-state index is 0.0350. The van der Waals surface area contributed by atoms with Crippen molar-refractivity contribution in [1.82, 2.24) is 9.55 Å². The van der Waals surface area contributed by atoms with Crippen LogP contribution in [0.2, 0.25) is 0 Å². The Labute approximate surface area is 197 Å². The molecule has 4 rings (SSSR count). The summed E-state index contributed by atoms with van der Waals surface area (Å²) in [6, 6.07) is 17.6. The van der Waals surface area contributed by atoms with Gasteiger partial charge in [-0.1, -0.05) is 31.2 Å². The van der Waals surface area contributed by atoms with Crippen LogP contribution in [-0.2, 0) is 17.8 Å². The molecule has 0 saturated heterocycles. The molecule has 0 aliphatic rings. The second-order valence-electron chi connectivity index (χ2n) is 7.99. The minimum atomic E-state index is -0.448. The maximum atomic E-state index is 13.3. The third-order valence-corrected chi connectivity index (χ3v) is 5.57. The summed E-state index contributed by atoms with van der Waals surface area (Å²) in [5.41, 5.74) is 2.70. The Hall–Kier alpha value is -4.26. The van der Waals surface area contributed by atoms with Crippen LogP contribution in [0.4, 0.5) is 5.69 Å². The number of nitrogens with one attached hydrogen (secondary N) is 1. The number of rotatable bonds is 7. The highest BCUT2D eigenvalue weighted by atomic mass is 16.5. The molecule has 0 bridgehead atoms. The summed E-state index contributed by atoms with van der Waals surface area (Å²) in [5, 5.41) is 3.17. The smallest absolute Gasteiger partial charge is 0.244 e. The molecule has 0 saturated carbocycles. The van der Waals surface area contributed by atoms with Crippen LogP contribution in [0, 0.1) is 6.92 Å². The molecular formula is C27H25N3O4. The lowest BCUT2D eigenvalue weighted by Gasteiger charge is -2.14. The first-order valence-electron chi connectivity index (χ1n) is 11.0. The van der Waals surface area contributed by atoms with Gasteiger partial charge in [0.25, 0.3) is 0 Å². The van der Waals surface area contributed by atoms with Gasteiger partial charge in [-0.3, -0.25) is 14.4 Å². The van der Waals surface area contributed by atoms with Crippen molar-refractivity contribution in [2.75, 3.05) is 12.4 Å². The molecule has 0 fully saturated rings. The summed E-state index contributed by atoms with van der Waals surface area (Å²) in [6.07, 6.45) is 2.27. The predicted molar refractivity (Wildman–Crippen MR) is 132 cm³/mol. The molecule has 2 aromatic heterocycles. The van der Waals surface area contributed by atoms with Crippen molar-refractivity contribution < 1.29 is 14.3 Å². The first kappa shape index (κ1) is 22.9. The van der Waals surface area contributed by atoms with Gasteiger partial charge in [0.2, 0.25) is 11.3 Å². The van der Waals surface area contributed by atoms with Gasteiger partial charge in [0.05, 0.1) is 18.1 Å². The average Bonchev–Trinajstić information content (AvgIpc) is 2.85. The molecule has 0 atom stereocenters. The normalized spacial score (nSPS) is 10.8. The van der Waals surface area contributed by atoms with Crippen LogP contribution in [0.25, 0.3) is 11.0 Å². The van der Waals surface area contributed by atoms with Gasteiger partial charge < -0.3 is 14.6 Å². The number of hydrogen-bond donors (Lipinski definition) is 1. The first-order chi connectivity index (χ1) is 16.4. The zero-order valence-electron chi connectivity index (χ0n) is 19.3. The van der Waals surface area contributed by atoms with E-state index in [0.717, 1.165) is 12.0 Å². The number of carbonyl (C=O) groups is 2. The van der Waals surface area contributed by atoms with Crippen LogP contribution < -0.4 is 15.5 Å². The van der Waals surface area contributed by atoms with Gasteiger partial charge in [0.15, 0.2) is 5.78 Å². The molecule has 0 unspecified atom stereocenters. The van der Waals surface area contributed by atoms with Crippen molar-refractivity contribution in [2.45, 2.75) is 26.8 Å². The van der Waals surface area contributed by atoms with Crippen LogP contribution in [-0.4, -0.2) is 28.4 Å². The molecule has 0 aliphatic heterocycles. The monoisotopic (exact) mass is 455 g/mol. The summed E-state index contributed by atoms with van der Waals surface area (Å²) in [6.45, 7) is 3.74. The highest BCUT2D eigenvalue weighted by Crippen LogP contribution is 2.18.